The average Bonchev–Trinajstić information content (AvgIpc) is 2.65. The summed E-state index contributed by atoms with van der Waals surface area (Å²) in [4.78, 5) is 14.6. The normalized spacial score (nSPS) is 15.1. The molecule has 0 saturated carbocycles. The SMILES string of the molecule is CCNCC1CCN(C(=O)Cc2cc(OC)c(OC)c(OC)c2)CC1. The van der Waals surface area contributed by atoms with Gasteiger partial charge in [0.1, 0.15) is 0 Å². The summed E-state index contributed by atoms with van der Waals surface area (Å²) in [7, 11) is 4.73. The van der Waals surface area contributed by atoms with Crippen molar-refractivity contribution in [1.82, 2.24) is 10.2 Å². The Kier molecular flexibility index (Phi) is 7.37. The molecule has 1 amide bonds. The Morgan fingerprint density at radius 2 is 1.72 bits per heavy atom. The van der Waals surface area contributed by atoms with E-state index in [1.807, 2.05) is 17.0 Å². The largest absolute Gasteiger partial charge is 0.493 e. The Bertz CT molecular complexity index is 544. The lowest BCUT2D eigenvalue weighted by molar-refractivity contribution is -0.131. The topological polar surface area (TPSA) is 60.0 Å². The lowest BCUT2D eigenvalue weighted by Crippen LogP contribution is -2.41. The van der Waals surface area contributed by atoms with Crippen molar-refractivity contribution < 1.29 is 19.0 Å². The van der Waals surface area contributed by atoms with Gasteiger partial charge in [-0.2, -0.15) is 0 Å². The molecule has 6 heteroatoms. The molecule has 140 valence electrons. The Morgan fingerprint density at radius 3 is 2.20 bits per heavy atom. The second kappa shape index (κ2) is 9.51. The molecule has 1 aromatic carbocycles. The summed E-state index contributed by atoms with van der Waals surface area (Å²) in [6.07, 6.45) is 2.47. The van der Waals surface area contributed by atoms with Crippen LogP contribution in [0.1, 0.15) is 25.3 Å². The molecular formula is C19H30N2O4. The van der Waals surface area contributed by atoms with Crippen LogP contribution in [-0.4, -0.2) is 58.3 Å². The fourth-order valence-corrected chi connectivity index (χ4v) is 3.26. The molecule has 25 heavy (non-hydrogen) atoms. The number of nitrogens with zero attached hydrogens (tertiary/aromatic N) is 1. The fourth-order valence-electron chi connectivity index (χ4n) is 3.26. The number of carbonyl (C=O) groups excluding carboxylic acids is 1. The van der Waals surface area contributed by atoms with Crippen LogP contribution in [0.3, 0.4) is 0 Å². The van der Waals surface area contributed by atoms with Gasteiger partial charge < -0.3 is 24.4 Å². The van der Waals surface area contributed by atoms with Gasteiger partial charge in [0.05, 0.1) is 27.8 Å². The molecule has 0 spiro atoms. The van der Waals surface area contributed by atoms with Crippen molar-refractivity contribution in [3.8, 4) is 17.2 Å². The molecule has 0 aliphatic carbocycles. The van der Waals surface area contributed by atoms with E-state index in [0.717, 1.165) is 44.6 Å². The quantitative estimate of drug-likeness (QED) is 0.778. The van der Waals surface area contributed by atoms with Gasteiger partial charge in [-0.05, 0) is 49.5 Å². The molecule has 0 radical (unpaired) electrons. The maximum Gasteiger partial charge on any atom is 0.226 e. The molecule has 1 aliphatic heterocycles. The third kappa shape index (κ3) is 5.01. The van der Waals surface area contributed by atoms with Crippen molar-refractivity contribution in [3.63, 3.8) is 0 Å². The maximum atomic E-state index is 12.6. The molecule has 0 atom stereocenters. The van der Waals surface area contributed by atoms with E-state index < -0.39 is 0 Å². The molecule has 0 unspecified atom stereocenters. The van der Waals surface area contributed by atoms with Crippen molar-refractivity contribution in [2.75, 3.05) is 47.5 Å². The molecule has 1 saturated heterocycles. The number of hydrogen-bond donors (Lipinski definition) is 1. The predicted octanol–water partition coefficient (Wildman–Crippen LogP) is 2.10. The van der Waals surface area contributed by atoms with Crippen molar-refractivity contribution in [1.29, 1.82) is 0 Å². The van der Waals surface area contributed by atoms with Crippen LogP contribution in [0.2, 0.25) is 0 Å². The first-order valence-corrected chi connectivity index (χ1v) is 8.90. The van der Waals surface area contributed by atoms with E-state index in [9.17, 15) is 4.79 Å². The summed E-state index contributed by atoms with van der Waals surface area (Å²) in [5.74, 6) is 2.52. The van der Waals surface area contributed by atoms with E-state index in [2.05, 4.69) is 12.2 Å². The highest BCUT2D eigenvalue weighted by molar-refractivity contribution is 5.79. The zero-order valence-electron chi connectivity index (χ0n) is 15.8. The van der Waals surface area contributed by atoms with E-state index >= 15 is 0 Å². The zero-order valence-corrected chi connectivity index (χ0v) is 15.8. The Labute approximate surface area is 150 Å². The molecule has 1 N–H and O–H groups in total. The standard InChI is InChI=1S/C19H30N2O4/c1-5-20-13-14-6-8-21(9-7-14)18(22)12-15-10-16(23-2)19(25-4)17(11-15)24-3/h10-11,14,20H,5-9,12-13H2,1-4H3. The lowest BCUT2D eigenvalue weighted by atomic mass is 9.96. The maximum absolute atomic E-state index is 12.6. The van der Waals surface area contributed by atoms with E-state index in [0.29, 0.717) is 29.6 Å². The van der Waals surface area contributed by atoms with Gasteiger partial charge in [-0.15, -0.1) is 0 Å². The van der Waals surface area contributed by atoms with Crippen LogP contribution < -0.4 is 19.5 Å². The minimum atomic E-state index is 0.149. The van der Waals surface area contributed by atoms with Gasteiger partial charge in [-0.3, -0.25) is 4.79 Å². The number of ether oxygens (including phenoxy) is 3. The molecule has 1 fully saturated rings. The van der Waals surface area contributed by atoms with Crippen LogP contribution in [0.5, 0.6) is 17.2 Å². The highest BCUT2D eigenvalue weighted by Crippen LogP contribution is 2.38. The van der Waals surface area contributed by atoms with E-state index in [1.165, 1.54) is 0 Å². The van der Waals surface area contributed by atoms with Gasteiger partial charge in [-0.1, -0.05) is 6.92 Å². The van der Waals surface area contributed by atoms with E-state index in [4.69, 9.17) is 14.2 Å². The highest BCUT2D eigenvalue weighted by atomic mass is 16.5. The molecule has 2 rings (SSSR count). The van der Waals surface area contributed by atoms with Crippen LogP contribution >= 0.6 is 0 Å². The summed E-state index contributed by atoms with van der Waals surface area (Å²) >= 11 is 0. The highest BCUT2D eigenvalue weighted by Gasteiger charge is 2.23. The molecule has 6 nitrogen and oxygen atoms in total. The Balaban J connectivity index is 1.99. The number of likely N-dealkylation sites (tertiary alicyclic amines) is 1. The van der Waals surface area contributed by atoms with Gasteiger partial charge >= 0.3 is 0 Å². The van der Waals surface area contributed by atoms with Crippen molar-refractivity contribution in [3.05, 3.63) is 17.7 Å². The third-order valence-electron chi connectivity index (χ3n) is 4.73. The Hall–Kier alpha value is -1.95. The molecule has 0 aromatic heterocycles. The monoisotopic (exact) mass is 350 g/mol. The summed E-state index contributed by atoms with van der Waals surface area (Å²) in [5.41, 5.74) is 0.870. The summed E-state index contributed by atoms with van der Waals surface area (Å²) < 4.78 is 16.0. The number of rotatable bonds is 8. The first kappa shape index (κ1) is 19.4. The van der Waals surface area contributed by atoms with Gasteiger partial charge in [-0.25, -0.2) is 0 Å². The number of carbonyl (C=O) groups is 1. The molecule has 1 aromatic rings. The molecule has 1 aliphatic rings. The van der Waals surface area contributed by atoms with Crippen molar-refractivity contribution >= 4 is 5.91 Å². The number of amides is 1. The summed E-state index contributed by atoms with van der Waals surface area (Å²) in [5, 5.41) is 3.39. The number of hydrogen-bond acceptors (Lipinski definition) is 5. The summed E-state index contributed by atoms with van der Waals surface area (Å²) in [6, 6.07) is 3.69. The number of piperidine rings is 1. The van der Waals surface area contributed by atoms with Crippen LogP contribution in [0.4, 0.5) is 0 Å². The summed E-state index contributed by atoms with van der Waals surface area (Å²) in [6.45, 7) is 5.83. The predicted molar refractivity (Wildman–Crippen MR) is 97.6 cm³/mol. The molecular weight excluding hydrogens is 320 g/mol. The average molecular weight is 350 g/mol. The van der Waals surface area contributed by atoms with E-state index in [1.54, 1.807) is 21.3 Å². The van der Waals surface area contributed by atoms with Crippen LogP contribution in [0.25, 0.3) is 0 Å². The van der Waals surface area contributed by atoms with Gasteiger partial charge in [0, 0.05) is 13.1 Å². The number of methoxy groups -OCH3 is 3. The second-order valence-electron chi connectivity index (χ2n) is 6.34. The van der Waals surface area contributed by atoms with Crippen LogP contribution in [0, 0.1) is 5.92 Å². The fraction of sp³-hybridized carbons (Fsp3) is 0.632. The smallest absolute Gasteiger partial charge is 0.226 e. The zero-order chi connectivity index (χ0) is 18.2. The van der Waals surface area contributed by atoms with E-state index in [-0.39, 0.29) is 5.91 Å². The van der Waals surface area contributed by atoms with Gasteiger partial charge in [0.2, 0.25) is 11.7 Å². The molecule has 0 bridgehead atoms. The van der Waals surface area contributed by atoms with Crippen LogP contribution in [-0.2, 0) is 11.2 Å². The van der Waals surface area contributed by atoms with Crippen molar-refractivity contribution in [2.24, 2.45) is 5.92 Å². The number of benzene rings is 1. The molecule has 1 heterocycles. The van der Waals surface area contributed by atoms with Crippen LogP contribution in [0.15, 0.2) is 12.1 Å². The lowest BCUT2D eigenvalue weighted by Gasteiger charge is -2.32. The van der Waals surface area contributed by atoms with Gasteiger partial charge in [0.25, 0.3) is 0 Å². The van der Waals surface area contributed by atoms with Crippen molar-refractivity contribution in [2.45, 2.75) is 26.2 Å². The van der Waals surface area contributed by atoms with Gasteiger partial charge in [0.15, 0.2) is 11.5 Å². The first-order chi connectivity index (χ1) is 12.1. The minimum absolute atomic E-state index is 0.149. The second-order valence-corrected chi connectivity index (χ2v) is 6.34. The first-order valence-electron chi connectivity index (χ1n) is 8.90. The third-order valence-corrected chi connectivity index (χ3v) is 4.73. The number of nitrogens with one attached hydrogen (secondary N) is 1. The Morgan fingerprint density at radius 1 is 1.12 bits per heavy atom. The minimum Gasteiger partial charge on any atom is -0.493 e.